The van der Waals surface area contributed by atoms with Crippen molar-refractivity contribution in [2.24, 2.45) is 16.7 Å². The second kappa shape index (κ2) is 6.17. The van der Waals surface area contributed by atoms with Gasteiger partial charge < -0.3 is 9.32 Å². The Hall–Kier alpha value is -1.67. The summed E-state index contributed by atoms with van der Waals surface area (Å²) in [6.45, 7) is 5.25. The van der Waals surface area contributed by atoms with Gasteiger partial charge in [-0.2, -0.15) is 4.31 Å². The van der Waals surface area contributed by atoms with Gasteiger partial charge in [-0.25, -0.2) is 8.42 Å². The molecule has 7 nitrogen and oxygen atoms in total. The number of hydrogen-bond acceptors (Lipinski definition) is 5. The number of fused-ring (bicyclic) bond motifs is 2. The topological polar surface area (TPSA) is 87.9 Å². The monoisotopic (exact) mass is 394 g/mol. The average Bonchev–Trinajstić information content (AvgIpc) is 3.28. The number of sulfonamides is 1. The lowest BCUT2D eigenvalue weighted by Gasteiger charge is -2.39. The molecule has 1 aromatic rings. The summed E-state index contributed by atoms with van der Waals surface area (Å²) in [4.78, 5) is 26.6. The molecule has 3 fully saturated rings. The van der Waals surface area contributed by atoms with Crippen LogP contribution in [0.25, 0.3) is 0 Å². The lowest BCUT2D eigenvalue weighted by Crippen LogP contribution is -2.53. The van der Waals surface area contributed by atoms with Gasteiger partial charge in [0.1, 0.15) is 5.78 Å². The number of ketones is 1. The van der Waals surface area contributed by atoms with E-state index in [0.717, 1.165) is 6.42 Å². The van der Waals surface area contributed by atoms with E-state index in [0.29, 0.717) is 31.8 Å². The Bertz CT molecular complexity index is 853. The Morgan fingerprint density at radius 3 is 2.48 bits per heavy atom. The highest BCUT2D eigenvalue weighted by Gasteiger charge is 2.65. The zero-order valence-electron chi connectivity index (χ0n) is 15.8. The van der Waals surface area contributed by atoms with Crippen molar-refractivity contribution in [2.45, 2.75) is 33.1 Å². The lowest BCUT2D eigenvalue weighted by atomic mass is 9.70. The minimum absolute atomic E-state index is 0.103. The standard InChI is InChI=1S/C19H26N2O5S/c1-18(2)14-5-6-19(18,16(22)12-14)13-27(24,25)21-9-7-20(8-10-21)17(23)15-4-3-11-26-15/h3-4,11,14H,5-10,12-13H2,1-2H3. The summed E-state index contributed by atoms with van der Waals surface area (Å²) in [5, 5.41) is 0. The van der Waals surface area contributed by atoms with Crippen molar-refractivity contribution in [3.05, 3.63) is 24.2 Å². The van der Waals surface area contributed by atoms with Crippen LogP contribution in [0.15, 0.2) is 22.8 Å². The molecule has 27 heavy (non-hydrogen) atoms. The van der Waals surface area contributed by atoms with E-state index in [9.17, 15) is 18.0 Å². The lowest BCUT2D eigenvalue weighted by molar-refractivity contribution is -0.128. The van der Waals surface area contributed by atoms with E-state index in [1.807, 2.05) is 13.8 Å². The minimum Gasteiger partial charge on any atom is -0.459 e. The van der Waals surface area contributed by atoms with Gasteiger partial charge in [-0.15, -0.1) is 0 Å². The van der Waals surface area contributed by atoms with Crippen molar-refractivity contribution in [3.63, 3.8) is 0 Å². The fraction of sp³-hybridized carbons (Fsp3) is 0.684. The fourth-order valence-corrected chi connectivity index (χ4v) is 7.44. The quantitative estimate of drug-likeness (QED) is 0.777. The maximum Gasteiger partial charge on any atom is 0.289 e. The van der Waals surface area contributed by atoms with Crippen molar-refractivity contribution < 1.29 is 22.4 Å². The van der Waals surface area contributed by atoms with E-state index in [1.54, 1.807) is 17.0 Å². The zero-order valence-corrected chi connectivity index (χ0v) is 16.6. The number of Topliss-reactive ketones (excluding diaryl/α,β-unsaturated/α-hetero) is 1. The number of nitrogens with zero attached hydrogens (tertiary/aromatic N) is 2. The molecule has 1 aromatic heterocycles. The van der Waals surface area contributed by atoms with E-state index >= 15 is 0 Å². The molecule has 2 saturated carbocycles. The van der Waals surface area contributed by atoms with Crippen molar-refractivity contribution in [2.75, 3.05) is 31.9 Å². The Kier molecular flexibility index (Phi) is 4.27. The molecule has 2 heterocycles. The molecular formula is C19H26N2O5S. The Labute approximate surface area is 159 Å². The molecule has 0 radical (unpaired) electrons. The Morgan fingerprint density at radius 1 is 1.26 bits per heavy atom. The molecule has 2 bridgehead atoms. The van der Waals surface area contributed by atoms with Crippen molar-refractivity contribution in [1.82, 2.24) is 9.21 Å². The first-order chi connectivity index (χ1) is 12.7. The first-order valence-corrected chi connectivity index (χ1v) is 11.1. The fourth-order valence-electron chi connectivity index (χ4n) is 5.24. The van der Waals surface area contributed by atoms with Crippen LogP contribution in [-0.2, 0) is 14.8 Å². The summed E-state index contributed by atoms with van der Waals surface area (Å²) < 4.78 is 32.8. The van der Waals surface area contributed by atoms with Crippen LogP contribution < -0.4 is 0 Å². The summed E-state index contributed by atoms with van der Waals surface area (Å²) in [5.74, 6) is 0.345. The van der Waals surface area contributed by atoms with Gasteiger partial charge in [0.25, 0.3) is 5.91 Å². The third-order valence-electron chi connectivity index (χ3n) is 7.22. The van der Waals surface area contributed by atoms with Crippen LogP contribution in [0.3, 0.4) is 0 Å². The molecule has 1 aliphatic heterocycles. The number of hydrogen-bond donors (Lipinski definition) is 0. The third-order valence-corrected chi connectivity index (χ3v) is 9.23. The second-order valence-corrected chi connectivity index (χ2v) is 10.6. The summed E-state index contributed by atoms with van der Waals surface area (Å²) in [5.41, 5.74) is -1.02. The number of rotatable bonds is 4. The highest BCUT2D eigenvalue weighted by molar-refractivity contribution is 7.89. The second-order valence-electron chi connectivity index (χ2n) is 8.59. The highest BCUT2D eigenvalue weighted by atomic mass is 32.2. The molecule has 0 N–H and O–H groups in total. The third kappa shape index (κ3) is 2.76. The molecule has 4 rings (SSSR count). The molecule has 2 aliphatic carbocycles. The van der Waals surface area contributed by atoms with Crippen molar-refractivity contribution in [3.8, 4) is 0 Å². The number of carbonyl (C=O) groups excluding carboxylic acids is 2. The minimum atomic E-state index is -3.57. The van der Waals surface area contributed by atoms with Crippen LogP contribution in [0.5, 0.6) is 0 Å². The van der Waals surface area contributed by atoms with E-state index in [2.05, 4.69) is 0 Å². The predicted molar refractivity (Wildman–Crippen MR) is 98.5 cm³/mol. The van der Waals surface area contributed by atoms with Gasteiger partial charge in [0, 0.05) is 38.0 Å². The highest BCUT2D eigenvalue weighted by Crippen LogP contribution is 2.64. The number of amides is 1. The van der Waals surface area contributed by atoms with Crippen LogP contribution in [0.2, 0.25) is 0 Å². The SMILES string of the molecule is CC1(C)C2CCC1(CS(=O)(=O)N1CCN(C(=O)c3ccco3)CC1)C(=O)C2. The molecule has 3 aliphatic rings. The number of piperazine rings is 1. The molecule has 0 spiro atoms. The van der Waals surface area contributed by atoms with Gasteiger partial charge in [0.05, 0.1) is 12.0 Å². The van der Waals surface area contributed by atoms with Gasteiger partial charge in [-0.05, 0) is 36.3 Å². The van der Waals surface area contributed by atoms with Crippen LogP contribution >= 0.6 is 0 Å². The van der Waals surface area contributed by atoms with Gasteiger partial charge in [-0.3, -0.25) is 9.59 Å². The van der Waals surface area contributed by atoms with Gasteiger partial charge in [0.15, 0.2) is 5.76 Å². The smallest absolute Gasteiger partial charge is 0.289 e. The molecule has 2 unspecified atom stereocenters. The molecule has 1 amide bonds. The van der Waals surface area contributed by atoms with E-state index in [-0.39, 0.29) is 41.7 Å². The van der Waals surface area contributed by atoms with Crippen LogP contribution in [0, 0.1) is 16.7 Å². The molecule has 1 saturated heterocycles. The van der Waals surface area contributed by atoms with Gasteiger partial charge >= 0.3 is 0 Å². The number of carbonyl (C=O) groups is 2. The summed E-state index contributed by atoms with van der Waals surface area (Å²) >= 11 is 0. The van der Waals surface area contributed by atoms with Crippen LogP contribution in [-0.4, -0.2) is 61.2 Å². The molecular weight excluding hydrogens is 368 g/mol. The molecule has 148 valence electrons. The molecule has 0 aromatic carbocycles. The van der Waals surface area contributed by atoms with Gasteiger partial charge in [-0.1, -0.05) is 13.8 Å². The zero-order chi connectivity index (χ0) is 19.4. The maximum atomic E-state index is 13.1. The number of furan rings is 1. The van der Waals surface area contributed by atoms with E-state index in [1.165, 1.54) is 10.6 Å². The molecule has 2 atom stereocenters. The van der Waals surface area contributed by atoms with Crippen molar-refractivity contribution >= 4 is 21.7 Å². The first kappa shape index (κ1) is 18.7. The van der Waals surface area contributed by atoms with Crippen LogP contribution in [0.1, 0.15) is 43.7 Å². The average molecular weight is 394 g/mol. The summed E-state index contributed by atoms with van der Waals surface area (Å²) in [6.07, 6.45) is 3.55. The summed E-state index contributed by atoms with van der Waals surface area (Å²) in [6, 6.07) is 3.26. The van der Waals surface area contributed by atoms with Crippen molar-refractivity contribution in [1.29, 1.82) is 0 Å². The van der Waals surface area contributed by atoms with E-state index < -0.39 is 15.4 Å². The predicted octanol–water partition coefficient (Wildman–Crippen LogP) is 1.76. The van der Waals surface area contributed by atoms with Gasteiger partial charge in [0.2, 0.25) is 10.0 Å². The Balaban J connectivity index is 1.45. The van der Waals surface area contributed by atoms with Crippen LogP contribution in [0.4, 0.5) is 0 Å². The summed E-state index contributed by atoms with van der Waals surface area (Å²) in [7, 11) is -3.57. The van der Waals surface area contributed by atoms with E-state index in [4.69, 9.17) is 4.42 Å². The first-order valence-electron chi connectivity index (χ1n) is 9.51. The molecule has 8 heteroatoms. The maximum absolute atomic E-state index is 13.1. The largest absolute Gasteiger partial charge is 0.459 e. The normalized spacial score (nSPS) is 30.8. The Morgan fingerprint density at radius 2 is 1.96 bits per heavy atom.